The van der Waals surface area contributed by atoms with Crippen molar-refractivity contribution < 1.29 is 33.3 Å². The lowest BCUT2D eigenvalue weighted by Gasteiger charge is -2.23. The standard InChI is InChI=1S/C26H18F2N2O5S/c1-12-9-14(5-8-19(12)35-2)23(32)21-22(13-3-6-15(31)7-4-13)30(25(34)24(21)33)26-29-18-10-16(27)17(28)11-20(18)36-26/h3-11,22,31-32H,1-2H3/b23-21+. The fourth-order valence-corrected chi connectivity index (χ4v) is 5.20. The van der Waals surface area contributed by atoms with Crippen molar-refractivity contribution in [2.45, 2.75) is 13.0 Å². The topological polar surface area (TPSA) is 100.0 Å². The third-order valence-corrected chi connectivity index (χ3v) is 6.96. The number of aromatic nitrogens is 1. The summed E-state index contributed by atoms with van der Waals surface area (Å²) in [6.45, 7) is 1.77. The third kappa shape index (κ3) is 3.75. The van der Waals surface area contributed by atoms with Crippen LogP contribution in [0.5, 0.6) is 11.5 Å². The molecule has 1 unspecified atom stereocenters. The number of phenols is 1. The van der Waals surface area contributed by atoms with Gasteiger partial charge < -0.3 is 14.9 Å². The fraction of sp³-hybridized carbons (Fsp3) is 0.115. The van der Waals surface area contributed by atoms with E-state index < -0.39 is 35.1 Å². The number of Topliss-reactive ketones (excluding diaryl/α,β-unsaturated/α-hetero) is 1. The van der Waals surface area contributed by atoms with E-state index in [1.807, 2.05) is 0 Å². The molecule has 1 amide bonds. The number of rotatable bonds is 4. The van der Waals surface area contributed by atoms with E-state index >= 15 is 0 Å². The molecule has 10 heteroatoms. The SMILES string of the molecule is COc1ccc(/C(O)=C2\C(=O)C(=O)N(c3nc4cc(F)c(F)cc4s3)C2c2ccc(O)cc2)cc1C. The smallest absolute Gasteiger partial charge is 0.301 e. The Balaban J connectivity index is 1.72. The Labute approximate surface area is 207 Å². The van der Waals surface area contributed by atoms with Gasteiger partial charge in [0, 0.05) is 11.6 Å². The van der Waals surface area contributed by atoms with Crippen LogP contribution in [0.1, 0.15) is 22.7 Å². The number of aliphatic hydroxyl groups is 1. The molecule has 36 heavy (non-hydrogen) atoms. The molecule has 7 nitrogen and oxygen atoms in total. The van der Waals surface area contributed by atoms with Gasteiger partial charge >= 0.3 is 5.91 Å². The number of fused-ring (bicyclic) bond motifs is 1. The predicted molar refractivity (Wildman–Crippen MR) is 130 cm³/mol. The van der Waals surface area contributed by atoms with E-state index in [1.54, 1.807) is 25.1 Å². The number of methoxy groups -OCH3 is 1. The second-order valence-corrected chi connectivity index (χ2v) is 9.18. The molecule has 0 spiro atoms. The molecule has 182 valence electrons. The van der Waals surface area contributed by atoms with Crippen molar-refractivity contribution in [1.29, 1.82) is 0 Å². The number of ether oxygens (including phenoxy) is 1. The Kier molecular flexibility index (Phi) is 5.68. The summed E-state index contributed by atoms with van der Waals surface area (Å²) in [7, 11) is 1.51. The summed E-state index contributed by atoms with van der Waals surface area (Å²) in [5.41, 5.74) is 1.34. The predicted octanol–water partition coefficient (Wildman–Crippen LogP) is 5.22. The highest BCUT2D eigenvalue weighted by Gasteiger charge is 2.48. The van der Waals surface area contributed by atoms with Crippen molar-refractivity contribution in [3.8, 4) is 11.5 Å². The van der Waals surface area contributed by atoms with Crippen LogP contribution in [-0.2, 0) is 9.59 Å². The second kappa shape index (κ2) is 8.72. The largest absolute Gasteiger partial charge is 0.508 e. The quantitative estimate of drug-likeness (QED) is 0.223. The summed E-state index contributed by atoms with van der Waals surface area (Å²) in [4.78, 5) is 31.9. The summed E-state index contributed by atoms with van der Waals surface area (Å²) in [6, 6.07) is 11.4. The maximum atomic E-state index is 13.8. The van der Waals surface area contributed by atoms with E-state index in [2.05, 4.69) is 4.98 Å². The Bertz CT molecular complexity index is 1540. The monoisotopic (exact) mass is 508 g/mol. The highest BCUT2D eigenvalue weighted by Crippen LogP contribution is 2.45. The van der Waals surface area contributed by atoms with Gasteiger partial charge in [0.2, 0.25) is 0 Å². The van der Waals surface area contributed by atoms with E-state index in [0.29, 0.717) is 22.4 Å². The molecule has 2 N–H and O–H groups in total. The number of amides is 1. The maximum Gasteiger partial charge on any atom is 0.301 e. The van der Waals surface area contributed by atoms with Crippen LogP contribution < -0.4 is 9.64 Å². The van der Waals surface area contributed by atoms with Gasteiger partial charge in [0.05, 0.1) is 28.9 Å². The molecule has 5 rings (SSSR count). The van der Waals surface area contributed by atoms with E-state index in [9.17, 15) is 28.6 Å². The molecule has 4 aromatic rings. The number of aromatic hydroxyl groups is 1. The van der Waals surface area contributed by atoms with E-state index in [0.717, 1.165) is 28.4 Å². The summed E-state index contributed by atoms with van der Waals surface area (Å²) in [5.74, 6) is -3.92. The highest BCUT2D eigenvalue weighted by atomic mass is 32.1. The number of thiazole rings is 1. The lowest BCUT2D eigenvalue weighted by molar-refractivity contribution is -0.132. The van der Waals surface area contributed by atoms with Crippen molar-refractivity contribution in [3.05, 3.63) is 88.5 Å². The lowest BCUT2D eigenvalue weighted by atomic mass is 9.95. The molecule has 1 fully saturated rings. The van der Waals surface area contributed by atoms with Gasteiger partial charge in [-0.1, -0.05) is 23.5 Å². The molecule has 0 bridgehead atoms. The summed E-state index contributed by atoms with van der Waals surface area (Å²) in [5, 5.41) is 21.0. The minimum Gasteiger partial charge on any atom is -0.508 e. The molecule has 1 aliphatic rings. The first-order chi connectivity index (χ1) is 17.2. The van der Waals surface area contributed by atoms with Gasteiger partial charge in [0.25, 0.3) is 5.78 Å². The molecule has 1 atom stereocenters. The minimum absolute atomic E-state index is 0.0279. The molecule has 0 aliphatic carbocycles. The molecule has 0 radical (unpaired) electrons. The van der Waals surface area contributed by atoms with Crippen LogP contribution in [-0.4, -0.2) is 34.0 Å². The van der Waals surface area contributed by atoms with Gasteiger partial charge in [-0.25, -0.2) is 13.8 Å². The Morgan fingerprint density at radius 2 is 1.75 bits per heavy atom. The number of ketones is 1. The Morgan fingerprint density at radius 3 is 2.42 bits per heavy atom. The minimum atomic E-state index is -1.11. The van der Waals surface area contributed by atoms with Crippen molar-refractivity contribution in [3.63, 3.8) is 0 Å². The first-order valence-electron chi connectivity index (χ1n) is 10.7. The Morgan fingerprint density at radius 1 is 1.06 bits per heavy atom. The number of carbonyl (C=O) groups excluding carboxylic acids is 2. The van der Waals surface area contributed by atoms with Crippen LogP contribution in [0.3, 0.4) is 0 Å². The molecule has 1 aliphatic heterocycles. The number of benzene rings is 3. The fourth-order valence-electron chi connectivity index (χ4n) is 4.20. The number of halogens is 2. The molecule has 3 aromatic carbocycles. The van der Waals surface area contributed by atoms with Crippen molar-refractivity contribution in [2.75, 3.05) is 12.0 Å². The van der Waals surface area contributed by atoms with Gasteiger partial charge in [-0.05, 0) is 54.4 Å². The normalized spacial score (nSPS) is 17.2. The number of aliphatic hydroxyl groups excluding tert-OH is 1. The van der Waals surface area contributed by atoms with Crippen LogP contribution >= 0.6 is 11.3 Å². The number of phenolic OH excluding ortho intramolecular Hbond substituents is 1. The number of hydrogen-bond donors (Lipinski definition) is 2. The van der Waals surface area contributed by atoms with Gasteiger partial charge in [-0.15, -0.1) is 0 Å². The number of anilines is 1. The molecule has 1 aromatic heterocycles. The first kappa shape index (κ1) is 23.4. The molecule has 0 saturated carbocycles. The molecule has 1 saturated heterocycles. The van der Waals surface area contributed by atoms with Crippen molar-refractivity contribution in [2.24, 2.45) is 0 Å². The molecule has 2 heterocycles. The van der Waals surface area contributed by atoms with Crippen LogP contribution in [0, 0.1) is 18.6 Å². The van der Waals surface area contributed by atoms with E-state index in [-0.39, 0.29) is 26.7 Å². The second-order valence-electron chi connectivity index (χ2n) is 8.18. The summed E-state index contributed by atoms with van der Waals surface area (Å²) < 4.78 is 33.1. The maximum absolute atomic E-state index is 13.8. The van der Waals surface area contributed by atoms with Gasteiger partial charge in [0.1, 0.15) is 17.3 Å². The van der Waals surface area contributed by atoms with Crippen LogP contribution in [0.4, 0.5) is 13.9 Å². The molecular weight excluding hydrogens is 490 g/mol. The number of aryl methyl sites for hydroxylation is 1. The average molecular weight is 509 g/mol. The van der Waals surface area contributed by atoms with E-state index in [1.165, 1.54) is 31.4 Å². The van der Waals surface area contributed by atoms with Gasteiger partial charge in [-0.3, -0.25) is 14.5 Å². The van der Waals surface area contributed by atoms with Crippen molar-refractivity contribution >= 4 is 44.1 Å². The van der Waals surface area contributed by atoms with Crippen molar-refractivity contribution in [1.82, 2.24) is 4.98 Å². The zero-order valence-electron chi connectivity index (χ0n) is 19.0. The lowest BCUT2D eigenvalue weighted by Crippen LogP contribution is -2.29. The highest BCUT2D eigenvalue weighted by molar-refractivity contribution is 7.22. The molecular formula is C26H18F2N2O5S. The van der Waals surface area contributed by atoms with E-state index in [4.69, 9.17) is 4.74 Å². The zero-order chi connectivity index (χ0) is 25.7. The number of hydrogen-bond acceptors (Lipinski definition) is 7. The van der Waals surface area contributed by atoms with Gasteiger partial charge in [0.15, 0.2) is 16.8 Å². The summed E-state index contributed by atoms with van der Waals surface area (Å²) >= 11 is 0.907. The van der Waals surface area contributed by atoms with Gasteiger partial charge in [-0.2, -0.15) is 0 Å². The van der Waals surface area contributed by atoms with Crippen LogP contribution in [0.25, 0.3) is 16.0 Å². The first-order valence-corrected chi connectivity index (χ1v) is 11.5. The average Bonchev–Trinajstić information content (AvgIpc) is 3.37. The number of nitrogens with zero attached hydrogens (tertiary/aromatic N) is 2. The summed E-state index contributed by atoms with van der Waals surface area (Å²) in [6.07, 6.45) is 0. The third-order valence-electron chi connectivity index (χ3n) is 5.95. The zero-order valence-corrected chi connectivity index (χ0v) is 19.8. The van der Waals surface area contributed by atoms with Crippen LogP contribution in [0.15, 0.2) is 60.2 Å². The number of carbonyl (C=O) groups is 2. The van der Waals surface area contributed by atoms with Crippen LogP contribution in [0.2, 0.25) is 0 Å². The Hall–Kier alpha value is -4.31.